The van der Waals surface area contributed by atoms with E-state index in [4.69, 9.17) is 5.26 Å². The first-order chi connectivity index (χ1) is 9.76. The topological polar surface area (TPSA) is 48.7 Å². The molecule has 0 bridgehead atoms. The quantitative estimate of drug-likeness (QED) is 0.870. The molecule has 1 aromatic carbocycles. The summed E-state index contributed by atoms with van der Waals surface area (Å²) < 4.78 is 12.7. The van der Waals surface area contributed by atoms with Crippen LogP contribution < -0.4 is 5.32 Å². The minimum Gasteiger partial charge on any atom is -0.306 e. The summed E-state index contributed by atoms with van der Waals surface area (Å²) in [6.45, 7) is 0.664. The number of fused-ring (bicyclic) bond motifs is 1. The molecule has 0 saturated heterocycles. The van der Waals surface area contributed by atoms with Crippen LogP contribution >= 0.6 is 0 Å². The Hall–Kier alpha value is -2.25. The van der Waals surface area contributed by atoms with Crippen molar-refractivity contribution < 1.29 is 4.39 Å². The highest BCUT2D eigenvalue weighted by atomic mass is 19.1. The Morgan fingerprint density at radius 3 is 3.00 bits per heavy atom. The number of aromatic nitrogens is 1. The molecule has 1 unspecified atom stereocenters. The van der Waals surface area contributed by atoms with E-state index in [-0.39, 0.29) is 0 Å². The zero-order valence-electron chi connectivity index (χ0n) is 10.9. The lowest BCUT2D eigenvalue weighted by molar-refractivity contribution is 0.527. The molecule has 1 N–H and O–H groups in total. The molecule has 2 aromatic rings. The number of nitriles is 1. The minimum atomic E-state index is -0.455. The Bertz CT molecular complexity index is 658. The average molecular weight is 267 g/mol. The summed E-state index contributed by atoms with van der Waals surface area (Å²) in [5.41, 5.74) is 4.19. The van der Waals surface area contributed by atoms with Gasteiger partial charge in [0.05, 0.1) is 11.6 Å². The van der Waals surface area contributed by atoms with Gasteiger partial charge in [0.15, 0.2) is 0 Å². The van der Waals surface area contributed by atoms with Gasteiger partial charge in [-0.3, -0.25) is 0 Å². The molecule has 1 heterocycles. The van der Waals surface area contributed by atoms with Gasteiger partial charge in [0.1, 0.15) is 0 Å². The van der Waals surface area contributed by atoms with Crippen molar-refractivity contribution >= 4 is 0 Å². The van der Waals surface area contributed by atoms with E-state index in [2.05, 4.69) is 16.4 Å². The van der Waals surface area contributed by atoms with Crippen LogP contribution in [-0.4, -0.2) is 4.98 Å². The molecule has 1 aromatic heterocycles. The summed E-state index contributed by atoms with van der Waals surface area (Å²) in [5, 5.41) is 12.4. The summed E-state index contributed by atoms with van der Waals surface area (Å²) in [7, 11) is 0. The van der Waals surface area contributed by atoms with Gasteiger partial charge in [0.2, 0.25) is 5.95 Å². The number of nitrogens with zero attached hydrogens (tertiary/aromatic N) is 2. The van der Waals surface area contributed by atoms with Crippen LogP contribution in [0.5, 0.6) is 0 Å². The van der Waals surface area contributed by atoms with Crippen LogP contribution in [0.25, 0.3) is 0 Å². The van der Waals surface area contributed by atoms with Crippen LogP contribution in [0.4, 0.5) is 4.39 Å². The van der Waals surface area contributed by atoms with Crippen LogP contribution in [-0.2, 0) is 13.0 Å². The Kier molecular flexibility index (Phi) is 3.44. The van der Waals surface area contributed by atoms with E-state index in [9.17, 15) is 4.39 Å². The largest absolute Gasteiger partial charge is 0.306 e. The predicted octanol–water partition coefficient (Wildman–Crippen LogP) is 2.87. The third-order valence-corrected chi connectivity index (χ3v) is 3.69. The third-order valence-electron chi connectivity index (χ3n) is 3.69. The van der Waals surface area contributed by atoms with Gasteiger partial charge in [0, 0.05) is 18.8 Å². The number of halogens is 1. The van der Waals surface area contributed by atoms with Gasteiger partial charge >= 0.3 is 0 Å². The van der Waals surface area contributed by atoms with Gasteiger partial charge in [-0.05, 0) is 47.7 Å². The van der Waals surface area contributed by atoms with Crippen molar-refractivity contribution in [2.45, 2.75) is 25.4 Å². The molecule has 1 atom stereocenters. The molecular weight excluding hydrogens is 253 g/mol. The highest BCUT2D eigenvalue weighted by Gasteiger charge is 2.22. The first-order valence-corrected chi connectivity index (χ1v) is 6.63. The van der Waals surface area contributed by atoms with Gasteiger partial charge in [-0.15, -0.1) is 0 Å². The fourth-order valence-electron chi connectivity index (χ4n) is 2.65. The van der Waals surface area contributed by atoms with E-state index in [0.29, 0.717) is 18.2 Å². The van der Waals surface area contributed by atoms with Crippen LogP contribution in [0, 0.1) is 17.3 Å². The summed E-state index contributed by atoms with van der Waals surface area (Å²) in [4.78, 5) is 3.65. The van der Waals surface area contributed by atoms with E-state index in [0.717, 1.165) is 18.4 Å². The maximum atomic E-state index is 12.7. The average Bonchev–Trinajstić information content (AvgIpc) is 2.89. The molecule has 0 fully saturated rings. The Morgan fingerprint density at radius 2 is 2.25 bits per heavy atom. The Labute approximate surface area is 117 Å². The van der Waals surface area contributed by atoms with Gasteiger partial charge in [-0.2, -0.15) is 9.65 Å². The van der Waals surface area contributed by atoms with Gasteiger partial charge < -0.3 is 5.32 Å². The van der Waals surface area contributed by atoms with Crippen molar-refractivity contribution in [2.75, 3.05) is 0 Å². The summed E-state index contributed by atoms with van der Waals surface area (Å²) >= 11 is 0. The fourth-order valence-corrected chi connectivity index (χ4v) is 2.65. The van der Waals surface area contributed by atoms with Crippen LogP contribution in [0.15, 0.2) is 36.5 Å². The maximum Gasteiger partial charge on any atom is 0.212 e. The van der Waals surface area contributed by atoms with E-state index in [1.807, 2.05) is 18.2 Å². The summed E-state index contributed by atoms with van der Waals surface area (Å²) in [6.07, 6.45) is 3.57. The molecule has 0 amide bonds. The molecule has 0 aliphatic heterocycles. The zero-order chi connectivity index (χ0) is 13.9. The minimum absolute atomic E-state index is 0.294. The molecule has 3 nitrogen and oxygen atoms in total. The maximum absolute atomic E-state index is 12.7. The van der Waals surface area contributed by atoms with E-state index in [1.54, 1.807) is 12.3 Å². The lowest BCUT2D eigenvalue weighted by Gasteiger charge is -2.14. The number of nitrogens with one attached hydrogen (secondary N) is 1. The smallest absolute Gasteiger partial charge is 0.212 e. The number of pyridine rings is 1. The normalized spacial score (nSPS) is 16.7. The van der Waals surface area contributed by atoms with Crippen molar-refractivity contribution in [2.24, 2.45) is 0 Å². The van der Waals surface area contributed by atoms with E-state index >= 15 is 0 Å². The summed E-state index contributed by atoms with van der Waals surface area (Å²) in [6, 6.07) is 11.4. The Balaban J connectivity index is 1.69. The number of hydrogen-bond acceptors (Lipinski definition) is 3. The van der Waals surface area contributed by atoms with Crippen LogP contribution in [0.3, 0.4) is 0 Å². The molecule has 0 spiro atoms. The number of hydrogen-bond donors (Lipinski definition) is 1. The first kappa shape index (κ1) is 12.8. The van der Waals surface area contributed by atoms with Crippen LogP contribution in [0.1, 0.15) is 34.7 Å². The standard InChI is InChI=1S/C16H14FN3/c17-16-6-2-12(10-20-16)9-19-15-5-3-13-7-11(8-18)1-4-14(13)15/h1-2,4,6-7,10,15,19H,3,5,9H2. The molecule has 0 radical (unpaired) electrons. The zero-order valence-corrected chi connectivity index (χ0v) is 10.9. The third kappa shape index (κ3) is 2.54. The number of aryl methyl sites for hydroxylation is 1. The molecule has 100 valence electrons. The highest BCUT2D eigenvalue weighted by Crippen LogP contribution is 2.31. The van der Waals surface area contributed by atoms with E-state index < -0.39 is 5.95 Å². The van der Waals surface area contributed by atoms with Crippen LogP contribution in [0.2, 0.25) is 0 Å². The van der Waals surface area contributed by atoms with Gasteiger partial charge in [-0.1, -0.05) is 12.1 Å². The fraction of sp³-hybridized carbons (Fsp3) is 0.250. The molecule has 20 heavy (non-hydrogen) atoms. The van der Waals surface area contributed by atoms with Crippen molar-refractivity contribution in [1.82, 2.24) is 10.3 Å². The predicted molar refractivity (Wildman–Crippen MR) is 73.3 cm³/mol. The first-order valence-electron chi connectivity index (χ1n) is 6.63. The molecule has 1 aliphatic rings. The lowest BCUT2D eigenvalue weighted by atomic mass is 10.1. The van der Waals surface area contributed by atoms with Gasteiger partial charge in [0.25, 0.3) is 0 Å². The second-order valence-electron chi connectivity index (χ2n) is 4.99. The SMILES string of the molecule is N#Cc1ccc2c(c1)CCC2NCc1ccc(F)nc1. The van der Waals surface area contributed by atoms with Gasteiger partial charge in [-0.25, -0.2) is 4.98 Å². The van der Waals surface area contributed by atoms with Crippen molar-refractivity contribution in [3.05, 3.63) is 64.7 Å². The monoisotopic (exact) mass is 267 g/mol. The van der Waals surface area contributed by atoms with E-state index in [1.165, 1.54) is 17.2 Å². The molecular formula is C16H14FN3. The molecule has 4 heteroatoms. The summed E-state index contributed by atoms with van der Waals surface area (Å²) in [5.74, 6) is -0.455. The molecule has 3 rings (SSSR count). The Morgan fingerprint density at radius 1 is 1.35 bits per heavy atom. The second kappa shape index (κ2) is 5.40. The van der Waals surface area contributed by atoms with Crippen molar-refractivity contribution in [3.8, 4) is 6.07 Å². The number of benzene rings is 1. The van der Waals surface area contributed by atoms with Crippen molar-refractivity contribution in [3.63, 3.8) is 0 Å². The lowest BCUT2D eigenvalue weighted by Crippen LogP contribution is -2.18. The number of rotatable bonds is 3. The molecule has 1 aliphatic carbocycles. The molecule has 0 saturated carbocycles. The second-order valence-corrected chi connectivity index (χ2v) is 4.99. The van der Waals surface area contributed by atoms with Crippen molar-refractivity contribution in [1.29, 1.82) is 5.26 Å². The highest BCUT2D eigenvalue weighted by molar-refractivity contribution is 5.42.